The summed E-state index contributed by atoms with van der Waals surface area (Å²) in [7, 11) is -3.38. The molecule has 1 aromatic heterocycles. The van der Waals surface area contributed by atoms with Crippen LogP contribution in [0.1, 0.15) is 49.8 Å². The van der Waals surface area contributed by atoms with Gasteiger partial charge < -0.3 is 21.3 Å². The number of aryl methyl sites for hydroxylation is 1. The number of likely N-dealkylation sites (tertiary alicyclic amines) is 1. The number of nitrogens with zero attached hydrogens (tertiary/aromatic N) is 3. The molecular formula is C22H32N6O3S. The molecule has 1 fully saturated rings. The zero-order valence-electron chi connectivity index (χ0n) is 19.1. The summed E-state index contributed by atoms with van der Waals surface area (Å²) in [6.07, 6.45) is 3.70. The Morgan fingerprint density at radius 3 is 2.47 bits per heavy atom. The van der Waals surface area contributed by atoms with Gasteiger partial charge in [0, 0.05) is 37.1 Å². The van der Waals surface area contributed by atoms with Crippen LogP contribution in [0.25, 0.3) is 0 Å². The number of sulfone groups is 1. The summed E-state index contributed by atoms with van der Waals surface area (Å²) in [6.45, 7) is 8.37. The smallest absolute Gasteiger partial charge is 0.271 e. The number of nitrogens with two attached hydrogens (primary N) is 1. The number of benzene rings is 1. The number of piperidine rings is 1. The fraction of sp³-hybridized carbons (Fsp3) is 0.500. The molecule has 2 aromatic rings. The minimum atomic E-state index is -3.38. The van der Waals surface area contributed by atoms with Gasteiger partial charge in [-0.1, -0.05) is 13.0 Å². The molecule has 0 saturated carbocycles. The summed E-state index contributed by atoms with van der Waals surface area (Å²) >= 11 is 0. The third kappa shape index (κ3) is 5.74. The highest BCUT2D eigenvalue weighted by Gasteiger charge is 2.23. The van der Waals surface area contributed by atoms with Crippen molar-refractivity contribution < 1.29 is 13.2 Å². The molecule has 10 heteroatoms. The second-order valence-corrected chi connectivity index (χ2v) is 10.4. The van der Waals surface area contributed by atoms with Gasteiger partial charge in [0.05, 0.1) is 10.6 Å². The lowest BCUT2D eigenvalue weighted by Crippen LogP contribution is -2.42. The maximum Gasteiger partial charge on any atom is 0.271 e. The first kappa shape index (κ1) is 23.9. The molecule has 32 heavy (non-hydrogen) atoms. The van der Waals surface area contributed by atoms with Crippen LogP contribution >= 0.6 is 0 Å². The van der Waals surface area contributed by atoms with E-state index in [0.717, 1.165) is 32.2 Å². The molecule has 4 N–H and O–H groups in total. The number of carbonyl (C=O) groups is 1. The van der Waals surface area contributed by atoms with Crippen LogP contribution in [0.15, 0.2) is 29.2 Å². The molecule has 1 saturated heterocycles. The van der Waals surface area contributed by atoms with Crippen LogP contribution in [0.3, 0.4) is 0 Å². The summed E-state index contributed by atoms with van der Waals surface area (Å²) < 4.78 is 23.8. The number of nitrogens with one attached hydrogen (secondary N) is 2. The molecule has 0 aliphatic carbocycles. The highest BCUT2D eigenvalue weighted by atomic mass is 32.2. The minimum absolute atomic E-state index is 0.0202. The van der Waals surface area contributed by atoms with Crippen molar-refractivity contribution in [2.75, 3.05) is 30.0 Å². The SMILES string of the molecule is CCc1nc(C(N)=O)c(Nc2cccc(S(C)(=O)=O)c2)nc1NC1CCN(C(C)C)CC1. The fourth-order valence-electron chi connectivity index (χ4n) is 3.79. The lowest BCUT2D eigenvalue weighted by molar-refractivity contribution is 0.0996. The van der Waals surface area contributed by atoms with E-state index in [1.165, 1.54) is 12.1 Å². The Morgan fingerprint density at radius 1 is 1.22 bits per heavy atom. The maximum atomic E-state index is 12.1. The molecule has 1 aromatic carbocycles. The molecule has 1 aliphatic rings. The number of hydrogen-bond donors (Lipinski definition) is 3. The van der Waals surface area contributed by atoms with Crippen molar-refractivity contribution in [2.45, 2.75) is 57.0 Å². The largest absolute Gasteiger partial charge is 0.366 e. The Balaban J connectivity index is 1.90. The number of aromatic nitrogens is 2. The van der Waals surface area contributed by atoms with Gasteiger partial charge in [-0.15, -0.1) is 0 Å². The Bertz CT molecular complexity index is 1080. The molecule has 1 amide bonds. The molecule has 174 valence electrons. The zero-order valence-corrected chi connectivity index (χ0v) is 19.9. The van der Waals surface area contributed by atoms with Crippen LogP contribution in [0.4, 0.5) is 17.3 Å². The molecule has 3 rings (SSSR count). The number of anilines is 3. The van der Waals surface area contributed by atoms with E-state index in [9.17, 15) is 13.2 Å². The molecule has 0 spiro atoms. The quantitative estimate of drug-likeness (QED) is 0.548. The average Bonchev–Trinajstić information content (AvgIpc) is 2.73. The predicted molar refractivity (Wildman–Crippen MR) is 126 cm³/mol. The topological polar surface area (TPSA) is 130 Å². The Labute approximate surface area is 189 Å². The van der Waals surface area contributed by atoms with Gasteiger partial charge in [-0.2, -0.15) is 0 Å². The van der Waals surface area contributed by atoms with Crippen molar-refractivity contribution >= 4 is 33.1 Å². The second-order valence-electron chi connectivity index (χ2n) is 8.41. The van der Waals surface area contributed by atoms with Crippen molar-refractivity contribution in [1.29, 1.82) is 0 Å². The van der Waals surface area contributed by atoms with Crippen molar-refractivity contribution in [3.8, 4) is 0 Å². The predicted octanol–water partition coefficient (Wildman–Crippen LogP) is 2.57. The molecule has 0 unspecified atom stereocenters. The highest BCUT2D eigenvalue weighted by molar-refractivity contribution is 7.90. The Hall–Kier alpha value is -2.72. The van der Waals surface area contributed by atoms with Crippen LogP contribution in [0.5, 0.6) is 0 Å². The van der Waals surface area contributed by atoms with Crippen LogP contribution in [0, 0.1) is 0 Å². The molecule has 1 aliphatic heterocycles. The van der Waals surface area contributed by atoms with Crippen LogP contribution < -0.4 is 16.4 Å². The first-order valence-electron chi connectivity index (χ1n) is 10.9. The van der Waals surface area contributed by atoms with Crippen molar-refractivity contribution in [1.82, 2.24) is 14.9 Å². The minimum Gasteiger partial charge on any atom is -0.366 e. The monoisotopic (exact) mass is 460 g/mol. The van der Waals surface area contributed by atoms with Crippen LogP contribution in [0.2, 0.25) is 0 Å². The molecule has 0 atom stereocenters. The van der Waals surface area contributed by atoms with E-state index >= 15 is 0 Å². The third-order valence-electron chi connectivity index (χ3n) is 5.66. The van der Waals surface area contributed by atoms with Gasteiger partial charge in [-0.05, 0) is 51.3 Å². The van der Waals surface area contributed by atoms with Gasteiger partial charge in [-0.3, -0.25) is 4.79 Å². The van der Waals surface area contributed by atoms with Crippen molar-refractivity contribution in [3.63, 3.8) is 0 Å². The van der Waals surface area contributed by atoms with Gasteiger partial charge in [-0.25, -0.2) is 18.4 Å². The second kappa shape index (κ2) is 9.83. The lowest BCUT2D eigenvalue weighted by Gasteiger charge is -2.35. The molecular weight excluding hydrogens is 428 g/mol. The van der Waals surface area contributed by atoms with E-state index in [1.54, 1.807) is 12.1 Å². The standard InChI is InChI=1S/C22H32N6O3S/c1-5-18-21(24-15-9-11-28(12-10-15)14(2)3)27-22(19(26-18)20(23)29)25-16-7-6-8-17(13-16)32(4,30)31/h6-8,13-15H,5,9-12H2,1-4H3,(H2,23,29)(H2,24,25,27). The van der Waals surface area contributed by atoms with Gasteiger partial charge in [0.2, 0.25) is 0 Å². The number of primary amides is 1. The molecule has 0 bridgehead atoms. The van der Waals surface area contributed by atoms with E-state index in [1.807, 2.05) is 6.92 Å². The van der Waals surface area contributed by atoms with Gasteiger partial charge in [0.15, 0.2) is 27.2 Å². The number of hydrogen-bond acceptors (Lipinski definition) is 8. The first-order valence-corrected chi connectivity index (χ1v) is 12.8. The third-order valence-corrected chi connectivity index (χ3v) is 6.77. The lowest BCUT2D eigenvalue weighted by atomic mass is 10.0. The van der Waals surface area contributed by atoms with E-state index in [0.29, 0.717) is 29.7 Å². The number of carbonyl (C=O) groups excluding carboxylic acids is 1. The normalized spacial score (nSPS) is 15.7. The van der Waals surface area contributed by atoms with Crippen molar-refractivity contribution in [3.05, 3.63) is 35.7 Å². The summed E-state index contributed by atoms with van der Waals surface area (Å²) in [5, 5.41) is 6.53. The molecule has 2 heterocycles. The van der Waals surface area contributed by atoms with Crippen LogP contribution in [-0.4, -0.2) is 60.6 Å². The number of amides is 1. The summed E-state index contributed by atoms with van der Waals surface area (Å²) in [6, 6.07) is 7.10. The highest BCUT2D eigenvalue weighted by Crippen LogP contribution is 2.26. The van der Waals surface area contributed by atoms with Gasteiger partial charge in [0.25, 0.3) is 5.91 Å². The zero-order chi connectivity index (χ0) is 23.5. The van der Waals surface area contributed by atoms with E-state index in [4.69, 9.17) is 5.73 Å². The summed E-state index contributed by atoms with van der Waals surface area (Å²) in [4.78, 5) is 23.8. The Kier molecular flexibility index (Phi) is 7.35. The first-order chi connectivity index (χ1) is 15.1. The van der Waals surface area contributed by atoms with E-state index in [-0.39, 0.29) is 22.4 Å². The van der Waals surface area contributed by atoms with Gasteiger partial charge >= 0.3 is 0 Å². The van der Waals surface area contributed by atoms with Crippen molar-refractivity contribution in [2.24, 2.45) is 5.73 Å². The summed E-state index contributed by atoms with van der Waals surface area (Å²) in [5.74, 6) is 0.107. The fourth-order valence-corrected chi connectivity index (χ4v) is 4.45. The van der Waals surface area contributed by atoms with Gasteiger partial charge in [0.1, 0.15) is 0 Å². The molecule has 9 nitrogen and oxygen atoms in total. The maximum absolute atomic E-state index is 12.1. The Morgan fingerprint density at radius 2 is 1.91 bits per heavy atom. The average molecular weight is 461 g/mol. The van der Waals surface area contributed by atoms with E-state index in [2.05, 4.69) is 39.3 Å². The van der Waals surface area contributed by atoms with Crippen LogP contribution in [-0.2, 0) is 16.3 Å². The number of rotatable bonds is 8. The molecule has 0 radical (unpaired) electrons. The summed E-state index contributed by atoms with van der Waals surface area (Å²) in [5.41, 5.74) is 6.73. The van der Waals surface area contributed by atoms with E-state index < -0.39 is 15.7 Å².